The first-order chi connectivity index (χ1) is 8.78. The van der Waals surface area contributed by atoms with E-state index in [2.05, 4.69) is 5.32 Å². The summed E-state index contributed by atoms with van der Waals surface area (Å²) >= 11 is 0. The molecule has 0 atom stereocenters. The zero-order valence-corrected chi connectivity index (χ0v) is 10.3. The van der Waals surface area contributed by atoms with Crippen LogP contribution < -0.4 is 10.1 Å². The lowest BCUT2D eigenvalue weighted by atomic mass is 10.2. The molecule has 0 heterocycles. The predicted molar refractivity (Wildman–Crippen MR) is 69.9 cm³/mol. The minimum absolute atomic E-state index is 0.236. The standard InChI is InChI=1S/C15H16FNO/c1-17-10-12-5-7-15(8-6-12)18-11-13-3-2-4-14(16)9-13/h2-9,17H,10-11H2,1H3. The van der Waals surface area contributed by atoms with E-state index < -0.39 is 0 Å². The fourth-order valence-electron chi connectivity index (χ4n) is 1.70. The average Bonchev–Trinajstić information content (AvgIpc) is 2.38. The van der Waals surface area contributed by atoms with Crippen molar-refractivity contribution in [2.75, 3.05) is 7.05 Å². The third kappa shape index (κ3) is 3.57. The van der Waals surface area contributed by atoms with E-state index in [0.717, 1.165) is 17.9 Å². The summed E-state index contributed by atoms with van der Waals surface area (Å²) < 4.78 is 18.6. The number of ether oxygens (including phenoxy) is 1. The van der Waals surface area contributed by atoms with Crippen LogP contribution in [-0.2, 0) is 13.2 Å². The molecule has 0 saturated carbocycles. The molecule has 2 rings (SSSR count). The lowest BCUT2D eigenvalue weighted by Gasteiger charge is -2.07. The molecular formula is C15H16FNO. The van der Waals surface area contributed by atoms with E-state index in [0.29, 0.717) is 6.61 Å². The molecule has 2 nitrogen and oxygen atoms in total. The monoisotopic (exact) mass is 245 g/mol. The lowest BCUT2D eigenvalue weighted by molar-refractivity contribution is 0.305. The van der Waals surface area contributed by atoms with Crippen LogP contribution in [0.25, 0.3) is 0 Å². The Morgan fingerprint density at radius 2 is 1.83 bits per heavy atom. The van der Waals surface area contributed by atoms with Crippen molar-refractivity contribution in [3.8, 4) is 5.75 Å². The second-order valence-corrected chi connectivity index (χ2v) is 4.09. The molecule has 2 aromatic rings. The van der Waals surface area contributed by atoms with Crippen molar-refractivity contribution >= 4 is 0 Å². The van der Waals surface area contributed by atoms with Gasteiger partial charge in [-0.1, -0.05) is 24.3 Å². The Balaban J connectivity index is 1.93. The van der Waals surface area contributed by atoms with Gasteiger partial charge in [-0.2, -0.15) is 0 Å². The maximum Gasteiger partial charge on any atom is 0.123 e. The number of nitrogens with one attached hydrogen (secondary N) is 1. The van der Waals surface area contributed by atoms with Crippen molar-refractivity contribution in [1.82, 2.24) is 5.32 Å². The second kappa shape index (κ2) is 6.17. The summed E-state index contributed by atoms with van der Waals surface area (Å²) in [5.74, 6) is 0.555. The van der Waals surface area contributed by atoms with Crippen LogP contribution in [0.2, 0.25) is 0 Å². The molecule has 3 heteroatoms. The van der Waals surface area contributed by atoms with Gasteiger partial charge < -0.3 is 10.1 Å². The molecule has 0 aliphatic rings. The van der Waals surface area contributed by atoms with Crippen LogP contribution in [0.1, 0.15) is 11.1 Å². The topological polar surface area (TPSA) is 21.3 Å². The van der Waals surface area contributed by atoms with Gasteiger partial charge in [-0.15, -0.1) is 0 Å². The van der Waals surface area contributed by atoms with Crippen LogP contribution in [0.5, 0.6) is 5.75 Å². The highest BCUT2D eigenvalue weighted by atomic mass is 19.1. The van der Waals surface area contributed by atoms with Gasteiger partial charge in [0.1, 0.15) is 18.2 Å². The van der Waals surface area contributed by atoms with Gasteiger partial charge in [0.05, 0.1) is 0 Å². The Morgan fingerprint density at radius 3 is 2.50 bits per heavy atom. The second-order valence-electron chi connectivity index (χ2n) is 4.09. The summed E-state index contributed by atoms with van der Waals surface area (Å²) in [6, 6.07) is 14.3. The molecule has 0 radical (unpaired) electrons. The number of rotatable bonds is 5. The first kappa shape index (κ1) is 12.6. The summed E-state index contributed by atoms with van der Waals surface area (Å²) in [7, 11) is 1.91. The molecule has 0 fully saturated rings. The van der Waals surface area contributed by atoms with Crippen molar-refractivity contribution in [3.05, 3.63) is 65.5 Å². The molecule has 18 heavy (non-hydrogen) atoms. The van der Waals surface area contributed by atoms with Gasteiger partial charge in [0.15, 0.2) is 0 Å². The van der Waals surface area contributed by atoms with Crippen LogP contribution in [0.15, 0.2) is 48.5 Å². The van der Waals surface area contributed by atoms with E-state index in [1.165, 1.54) is 17.7 Å². The Morgan fingerprint density at radius 1 is 1.06 bits per heavy atom. The van der Waals surface area contributed by atoms with Gasteiger partial charge in [0.25, 0.3) is 0 Å². The summed E-state index contributed by atoms with van der Waals surface area (Å²) in [5.41, 5.74) is 2.03. The van der Waals surface area contributed by atoms with E-state index in [-0.39, 0.29) is 5.82 Å². The molecule has 0 unspecified atom stereocenters. The van der Waals surface area contributed by atoms with E-state index in [1.54, 1.807) is 6.07 Å². The van der Waals surface area contributed by atoms with Crippen molar-refractivity contribution in [2.24, 2.45) is 0 Å². The third-order valence-electron chi connectivity index (χ3n) is 2.60. The zero-order chi connectivity index (χ0) is 12.8. The first-order valence-electron chi connectivity index (χ1n) is 5.89. The Kier molecular flexibility index (Phi) is 4.31. The third-order valence-corrected chi connectivity index (χ3v) is 2.60. The first-order valence-corrected chi connectivity index (χ1v) is 5.89. The van der Waals surface area contributed by atoms with Crippen molar-refractivity contribution in [3.63, 3.8) is 0 Å². The van der Waals surface area contributed by atoms with Crippen molar-refractivity contribution in [1.29, 1.82) is 0 Å². The van der Waals surface area contributed by atoms with E-state index in [1.807, 2.05) is 37.4 Å². The quantitative estimate of drug-likeness (QED) is 0.873. The van der Waals surface area contributed by atoms with E-state index >= 15 is 0 Å². The predicted octanol–water partition coefficient (Wildman–Crippen LogP) is 3.12. The summed E-state index contributed by atoms with van der Waals surface area (Å²) in [6.45, 7) is 1.22. The van der Waals surface area contributed by atoms with Crippen LogP contribution in [0.4, 0.5) is 4.39 Å². The maximum atomic E-state index is 13.0. The van der Waals surface area contributed by atoms with E-state index in [9.17, 15) is 4.39 Å². The largest absolute Gasteiger partial charge is 0.489 e. The van der Waals surface area contributed by atoms with Crippen LogP contribution in [-0.4, -0.2) is 7.05 Å². The molecule has 0 aliphatic carbocycles. The molecule has 0 spiro atoms. The number of benzene rings is 2. The van der Waals surface area contributed by atoms with Gasteiger partial charge in [0, 0.05) is 6.54 Å². The SMILES string of the molecule is CNCc1ccc(OCc2cccc(F)c2)cc1. The molecule has 0 aliphatic heterocycles. The smallest absolute Gasteiger partial charge is 0.123 e. The summed E-state index contributed by atoms with van der Waals surface area (Å²) in [5, 5.41) is 3.09. The minimum Gasteiger partial charge on any atom is -0.489 e. The number of hydrogen-bond donors (Lipinski definition) is 1. The van der Waals surface area contributed by atoms with Gasteiger partial charge in [0.2, 0.25) is 0 Å². The Hall–Kier alpha value is -1.87. The lowest BCUT2D eigenvalue weighted by Crippen LogP contribution is -2.04. The van der Waals surface area contributed by atoms with E-state index in [4.69, 9.17) is 4.74 Å². The molecule has 0 bridgehead atoms. The number of halogens is 1. The van der Waals surface area contributed by atoms with Gasteiger partial charge >= 0.3 is 0 Å². The van der Waals surface area contributed by atoms with Crippen LogP contribution in [0, 0.1) is 5.82 Å². The van der Waals surface area contributed by atoms with Crippen molar-refractivity contribution < 1.29 is 9.13 Å². The normalized spacial score (nSPS) is 10.3. The average molecular weight is 245 g/mol. The molecule has 2 aromatic carbocycles. The minimum atomic E-state index is -0.236. The zero-order valence-electron chi connectivity index (χ0n) is 10.3. The van der Waals surface area contributed by atoms with Crippen LogP contribution in [0.3, 0.4) is 0 Å². The molecule has 0 aromatic heterocycles. The molecule has 1 N–H and O–H groups in total. The number of hydrogen-bond acceptors (Lipinski definition) is 2. The summed E-state index contributed by atoms with van der Waals surface area (Å²) in [6.07, 6.45) is 0. The molecule has 94 valence electrons. The van der Waals surface area contributed by atoms with Crippen molar-refractivity contribution in [2.45, 2.75) is 13.2 Å². The Bertz CT molecular complexity index is 496. The van der Waals surface area contributed by atoms with Gasteiger partial charge in [-0.05, 0) is 42.4 Å². The molecular weight excluding hydrogens is 229 g/mol. The van der Waals surface area contributed by atoms with Crippen LogP contribution >= 0.6 is 0 Å². The Labute approximate surface area is 106 Å². The fourth-order valence-corrected chi connectivity index (χ4v) is 1.70. The van der Waals surface area contributed by atoms with Gasteiger partial charge in [-0.25, -0.2) is 4.39 Å². The highest BCUT2D eigenvalue weighted by Gasteiger charge is 1.98. The highest BCUT2D eigenvalue weighted by Crippen LogP contribution is 2.14. The molecule has 0 saturated heterocycles. The molecule has 0 amide bonds. The maximum absolute atomic E-state index is 13.0. The highest BCUT2D eigenvalue weighted by molar-refractivity contribution is 5.27. The van der Waals surface area contributed by atoms with Gasteiger partial charge in [-0.3, -0.25) is 0 Å². The fraction of sp³-hybridized carbons (Fsp3) is 0.200. The summed E-state index contributed by atoms with van der Waals surface area (Å²) in [4.78, 5) is 0.